The van der Waals surface area contributed by atoms with Gasteiger partial charge in [0.1, 0.15) is 0 Å². The van der Waals surface area contributed by atoms with Gasteiger partial charge in [0.15, 0.2) is 0 Å². The lowest BCUT2D eigenvalue weighted by molar-refractivity contribution is 0.240. The molecule has 0 radical (unpaired) electrons. The third-order valence-corrected chi connectivity index (χ3v) is 4.60. The molecular formula is C20H25N3O. The Bertz CT molecular complexity index is 672. The van der Waals surface area contributed by atoms with Crippen molar-refractivity contribution in [1.82, 2.24) is 10.6 Å². The van der Waals surface area contributed by atoms with E-state index in [4.69, 9.17) is 0 Å². The number of amides is 2. The molecule has 1 heterocycles. The van der Waals surface area contributed by atoms with E-state index < -0.39 is 0 Å². The lowest BCUT2D eigenvalue weighted by Crippen LogP contribution is -2.44. The zero-order chi connectivity index (χ0) is 16.8. The zero-order valence-electron chi connectivity index (χ0n) is 14.2. The monoisotopic (exact) mass is 323 g/mol. The number of hydrogen-bond acceptors (Lipinski definition) is 2. The molecular weight excluding hydrogens is 298 g/mol. The molecule has 126 valence electrons. The molecule has 0 aliphatic carbocycles. The Labute approximate surface area is 143 Å². The maximum absolute atomic E-state index is 11.9. The molecule has 1 atom stereocenters. The van der Waals surface area contributed by atoms with Crippen molar-refractivity contribution in [3.63, 3.8) is 0 Å². The predicted octanol–water partition coefficient (Wildman–Crippen LogP) is 3.33. The summed E-state index contributed by atoms with van der Waals surface area (Å²) in [5, 5.41) is 5.86. The standard InChI is InChI=1S/C20H25N3O/c1-16-11-12-18-9-5-6-10-19(18)23(16)14-13-21-20(24)22-15-17-7-3-2-4-8-17/h2-10,16H,11-15H2,1H3,(H2,21,22,24). The van der Waals surface area contributed by atoms with Crippen molar-refractivity contribution >= 4 is 11.7 Å². The predicted molar refractivity (Wildman–Crippen MR) is 98.3 cm³/mol. The van der Waals surface area contributed by atoms with Crippen LogP contribution >= 0.6 is 0 Å². The molecule has 1 aliphatic rings. The maximum Gasteiger partial charge on any atom is 0.315 e. The van der Waals surface area contributed by atoms with E-state index >= 15 is 0 Å². The van der Waals surface area contributed by atoms with E-state index in [1.807, 2.05) is 30.3 Å². The Kier molecular flexibility index (Phi) is 5.36. The molecule has 1 aliphatic heterocycles. The minimum Gasteiger partial charge on any atom is -0.367 e. The van der Waals surface area contributed by atoms with E-state index in [0.717, 1.165) is 24.9 Å². The summed E-state index contributed by atoms with van der Waals surface area (Å²) in [6, 6.07) is 18.9. The normalized spacial score (nSPS) is 16.4. The minimum absolute atomic E-state index is 0.114. The van der Waals surface area contributed by atoms with Crippen LogP contribution in [0.2, 0.25) is 0 Å². The topological polar surface area (TPSA) is 44.4 Å². The van der Waals surface area contributed by atoms with E-state index in [1.165, 1.54) is 11.3 Å². The van der Waals surface area contributed by atoms with Gasteiger partial charge >= 0.3 is 6.03 Å². The van der Waals surface area contributed by atoms with Crippen molar-refractivity contribution in [2.24, 2.45) is 0 Å². The quantitative estimate of drug-likeness (QED) is 0.886. The van der Waals surface area contributed by atoms with E-state index in [-0.39, 0.29) is 6.03 Å². The second-order valence-electron chi connectivity index (χ2n) is 6.30. The van der Waals surface area contributed by atoms with Crippen molar-refractivity contribution < 1.29 is 4.79 Å². The van der Waals surface area contributed by atoms with Crippen LogP contribution in [0.4, 0.5) is 10.5 Å². The first kappa shape index (κ1) is 16.4. The highest BCUT2D eigenvalue weighted by atomic mass is 16.2. The molecule has 3 rings (SSSR count). The average Bonchev–Trinajstić information content (AvgIpc) is 2.63. The summed E-state index contributed by atoms with van der Waals surface area (Å²) >= 11 is 0. The summed E-state index contributed by atoms with van der Waals surface area (Å²) in [4.78, 5) is 14.3. The van der Waals surface area contributed by atoms with Crippen LogP contribution in [0, 0.1) is 0 Å². The number of aryl methyl sites for hydroxylation is 1. The summed E-state index contributed by atoms with van der Waals surface area (Å²) in [5.74, 6) is 0. The highest BCUT2D eigenvalue weighted by Crippen LogP contribution is 2.29. The van der Waals surface area contributed by atoms with E-state index in [1.54, 1.807) is 0 Å². The van der Waals surface area contributed by atoms with Crippen LogP contribution in [0.3, 0.4) is 0 Å². The molecule has 1 unspecified atom stereocenters. The van der Waals surface area contributed by atoms with Crippen LogP contribution in [-0.2, 0) is 13.0 Å². The molecule has 4 nitrogen and oxygen atoms in total. The van der Waals surface area contributed by atoms with Crippen LogP contribution in [0.25, 0.3) is 0 Å². The highest BCUT2D eigenvalue weighted by Gasteiger charge is 2.22. The summed E-state index contributed by atoms with van der Waals surface area (Å²) in [5.41, 5.74) is 3.82. The summed E-state index contributed by atoms with van der Waals surface area (Å²) in [6.45, 7) is 4.28. The fourth-order valence-corrected chi connectivity index (χ4v) is 3.23. The van der Waals surface area contributed by atoms with Gasteiger partial charge in [-0.1, -0.05) is 48.5 Å². The smallest absolute Gasteiger partial charge is 0.315 e. The number of fused-ring (bicyclic) bond motifs is 1. The van der Waals surface area contributed by atoms with Crippen LogP contribution in [-0.4, -0.2) is 25.2 Å². The Balaban J connectivity index is 1.47. The van der Waals surface area contributed by atoms with Crippen molar-refractivity contribution in [3.8, 4) is 0 Å². The van der Waals surface area contributed by atoms with Crippen molar-refractivity contribution in [2.75, 3.05) is 18.0 Å². The summed E-state index contributed by atoms with van der Waals surface area (Å²) < 4.78 is 0. The Morgan fingerprint density at radius 1 is 1.08 bits per heavy atom. The van der Waals surface area contributed by atoms with E-state index in [9.17, 15) is 4.79 Å². The molecule has 0 bridgehead atoms. The first-order chi connectivity index (χ1) is 11.7. The third kappa shape index (κ3) is 4.07. The average molecular weight is 323 g/mol. The summed E-state index contributed by atoms with van der Waals surface area (Å²) in [6.07, 6.45) is 2.30. The van der Waals surface area contributed by atoms with Crippen LogP contribution in [0.1, 0.15) is 24.5 Å². The number of hydrogen-bond donors (Lipinski definition) is 2. The molecule has 0 saturated heterocycles. The molecule has 0 fully saturated rings. The largest absolute Gasteiger partial charge is 0.367 e. The Morgan fingerprint density at radius 3 is 2.67 bits per heavy atom. The van der Waals surface area contributed by atoms with Crippen molar-refractivity contribution in [3.05, 3.63) is 65.7 Å². The lowest BCUT2D eigenvalue weighted by Gasteiger charge is -2.37. The number of rotatable bonds is 5. The summed E-state index contributed by atoms with van der Waals surface area (Å²) in [7, 11) is 0. The number of carbonyl (C=O) groups excluding carboxylic acids is 1. The van der Waals surface area contributed by atoms with Gasteiger partial charge in [0.05, 0.1) is 0 Å². The van der Waals surface area contributed by atoms with Crippen molar-refractivity contribution in [2.45, 2.75) is 32.4 Å². The molecule has 4 heteroatoms. The molecule has 0 spiro atoms. The van der Waals surface area contributed by atoms with Gasteiger partial charge in [0.25, 0.3) is 0 Å². The zero-order valence-corrected chi connectivity index (χ0v) is 14.2. The lowest BCUT2D eigenvalue weighted by atomic mass is 9.97. The second kappa shape index (κ2) is 7.86. The van der Waals surface area contributed by atoms with Gasteiger partial charge in [0.2, 0.25) is 0 Å². The molecule has 2 aromatic rings. The van der Waals surface area contributed by atoms with E-state index in [2.05, 4.69) is 46.7 Å². The molecule has 0 saturated carbocycles. The van der Waals surface area contributed by atoms with Gasteiger partial charge in [-0.15, -0.1) is 0 Å². The highest BCUT2D eigenvalue weighted by molar-refractivity contribution is 5.73. The minimum atomic E-state index is -0.114. The van der Waals surface area contributed by atoms with Gasteiger partial charge in [-0.25, -0.2) is 4.79 Å². The Hall–Kier alpha value is -2.49. The molecule has 2 N–H and O–H groups in total. The fraction of sp³-hybridized carbons (Fsp3) is 0.350. The number of para-hydroxylation sites is 1. The van der Waals surface area contributed by atoms with Crippen LogP contribution in [0.15, 0.2) is 54.6 Å². The number of nitrogens with zero attached hydrogens (tertiary/aromatic N) is 1. The van der Waals surface area contributed by atoms with Gasteiger partial charge in [-0.05, 0) is 37.0 Å². The molecule has 2 aromatic carbocycles. The first-order valence-electron chi connectivity index (χ1n) is 8.64. The maximum atomic E-state index is 11.9. The SMILES string of the molecule is CC1CCc2ccccc2N1CCNC(=O)NCc1ccccc1. The number of carbonyl (C=O) groups is 1. The third-order valence-electron chi connectivity index (χ3n) is 4.60. The van der Waals surface area contributed by atoms with Gasteiger partial charge in [0, 0.05) is 31.4 Å². The van der Waals surface area contributed by atoms with Gasteiger partial charge < -0.3 is 15.5 Å². The fourth-order valence-electron chi connectivity index (χ4n) is 3.23. The molecule has 2 amide bonds. The number of urea groups is 1. The van der Waals surface area contributed by atoms with Crippen LogP contribution in [0.5, 0.6) is 0 Å². The number of anilines is 1. The van der Waals surface area contributed by atoms with E-state index in [0.29, 0.717) is 19.1 Å². The molecule has 24 heavy (non-hydrogen) atoms. The van der Waals surface area contributed by atoms with Gasteiger partial charge in [-0.2, -0.15) is 0 Å². The second-order valence-corrected chi connectivity index (χ2v) is 6.30. The number of nitrogens with one attached hydrogen (secondary N) is 2. The van der Waals surface area contributed by atoms with Gasteiger partial charge in [-0.3, -0.25) is 0 Å². The first-order valence-corrected chi connectivity index (χ1v) is 8.64. The van der Waals surface area contributed by atoms with Crippen LogP contribution < -0.4 is 15.5 Å². The molecule has 0 aromatic heterocycles. The Morgan fingerprint density at radius 2 is 1.83 bits per heavy atom. The van der Waals surface area contributed by atoms with Crippen molar-refractivity contribution in [1.29, 1.82) is 0 Å². The number of benzene rings is 2.